The van der Waals surface area contributed by atoms with E-state index in [4.69, 9.17) is 16.3 Å². The van der Waals surface area contributed by atoms with Gasteiger partial charge in [-0.15, -0.1) is 0 Å². The summed E-state index contributed by atoms with van der Waals surface area (Å²) in [5.74, 6) is -1.04. The number of anilines is 1. The van der Waals surface area contributed by atoms with Crippen LogP contribution in [0.25, 0.3) is 0 Å². The number of hydrogen-bond acceptors (Lipinski definition) is 4. The van der Waals surface area contributed by atoms with Gasteiger partial charge in [0.05, 0.1) is 0 Å². The average molecular weight is 431 g/mol. The molecule has 0 aliphatic heterocycles. The van der Waals surface area contributed by atoms with E-state index in [0.29, 0.717) is 28.6 Å². The Morgan fingerprint density at radius 2 is 1.77 bits per heavy atom. The van der Waals surface area contributed by atoms with E-state index < -0.39 is 18.0 Å². The maximum atomic E-state index is 12.8. The quantitative estimate of drug-likeness (QED) is 0.576. The molecular formula is C23H27ClN2O4. The molecule has 7 heteroatoms. The fourth-order valence-electron chi connectivity index (χ4n) is 2.63. The molecule has 0 heterocycles. The number of carbonyl (C=O) groups is 3. The topological polar surface area (TPSA) is 84.5 Å². The van der Waals surface area contributed by atoms with E-state index in [9.17, 15) is 14.4 Å². The molecule has 160 valence electrons. The largest absolute Gasteiger partial charge is 0.446 e. The Kier molecular flexibility index (Phi) is 8.87. The summed E-state index contributed by atoms with van der Waals surface area (Å²) in [6.07, 6.45) is -0.0946. The lowest BCUT2D eigenvalue weighted by molar-refractivity contribution is -0.154. The summed E-state index contributed by atoms with van der Waals surface area (Å²) in [5, 5.41) is 5.78. The molecule has 2 rings (SSSR count). The van der Waals surface area contributed by atoms with Crippen molar-refractivity contribution in [2.45, 2.75) is 39.7 Å². The van der Waals surface area contributed by atoms with Crippen LogP contribution >= 0.6 is 11.6 Å². The highest BCUT2D eigenvalue weighted by atomic mass is 35.5. The molecule has 1 atom stereocenters. The summed E-state index contributed by atoms with van der Waals surface area (Å²) in [7, 11) is 0. The minimum atomic E-state index is -1.16. The van der Waals surface area contributed by atoms with Gasteiger partial charge in [0.1, 0.15) is 6.54 Å². The first-order valence-electron chi connectivity index (χ1n) is 9.84. The van der Waals surface area contributed by atoms with Gasteiger partial charge in [-0.2, -0.15) is 0 Å². The van der Waals surface area contributed by atoms with E-state index in [1.165, 1.54) is 0 Å². The summed E-state index contributed by atoms with van der Waals surface area (Å²) in [5.41, 5.74) is 1.90. The smallest absolute Gasteiger partial charge is 0.326 e. The Labute approximate surface area is 182 Å². The van der Waals surface area contributed by atoms with Crippen molar-refractivity contribution in [3.8, 4) is 0 Å². The SMILES string of the molecule is Cc1ccc(NC(=O)C(OC(=O)CNC(=O)CCC(C)C)c2ccccc2)cc1Cl. The molecular weight excluding hydrogens is 404 g/mol. The van der Waals surface area contributed by atoms with Gasteiger partial charge in [0, 0.05) is 22.7 Å². The summed E-state index contributed by atoms with van der Waals surface area (Å²) < 4.78 is 5.40. The van der Waals surface area contributed by atoms with E-state index in [1.54, 1.807) is 48.5 Å². The first-order chi connectivity index (χ1) is 14.3. The van der Waals surface area contributed by atoms with Gasteiger partial charge in [-0.25, -0.2) is 0 Å². The molecule has 0 radical (unpaired) electrons. The Morgan fingerprint density at radius 1 is 1.07 bits per heavy atom. The van der Waals surface area contributed by atoms with Crippen molar-refractivity contribution in [3.63, 3.8) is 0 Å². The molecule has 6 nitrogen and oxygen atoms in total. The lowest BCUT2D eigenvalue weighted by atomic mass is 10.1. The Hall–Kier alpha value is -2.86. The normalized spacial score (nSPS) is 11.6. The summed E-state index contributed by atoms with van der Waals surface area (Å²) in [6, 6.07) is 13.8. The third kappa shape index (κ3) is 7.52. The Morgan fingerprint density at radius 3 is 2.40 bits per heavy atom. The van der Waals surface area contributed by atoms with Crippen LogP contribution in [0.3, 0.4) is 0 Å². The van der Waals surface area contributed by atoms with E-state index in [1.807, 2.05) is 20.8 Å². The van der Waals surface area contributed by atoms with Crippen molar-refractivity contribution in [1.82, 2.24) is 5.32 Å². The molecule has 0 saturated carbocycles. The van der Waals surface area contributed by atoms with Crippen LogP contribution in [-0.4, -0.2) is 24.3 Å². The lowest BCUT2D eigenvalue weighted by Crippen LogP contribution is -2.33. The lowest BCUT2D eigenvalue weighted by Gasteiger charge is -2.18. The average Bonchev–Trinajstić information content (AvgIpc) is 2.72. The number of amides is 2. The number of halogens is 1. The van der Waals surface area contributed by atoms with Crippen LogP contribution in [-0.2, 0) is 19.1 Å². The van der Waals surface area contributed by atoms with Gasteiger partial charge in [0.2, 0.25) is 12.0 Å². The second kappa shape index (κ2) is 11.4. The Bertz CT molecular complexity index is 884. The molecule has 0 aliphatic carbocycles. The zero-order valence-electron chi connectivity index (χ0n) is 17.4. The van der Waals surface area contributed by atoms with Crippen LogP contribution in [0, 0.1) is 12.8 Å². The second-order valence-electron chi connectivity index (χ2n) is 7.44. The van der Waals surface area contributed by atoms with Crippen LogP contribution in [0.5, 0.6) is 0 Å². The Balaban J connectivity index is 2.04. The predicted molar refractivity (Wildman–Crippen MR) is 117 cm³/mol. The first-order valence-corrected chi connectivity index (χ1v) is 10.2. The van der Waals surface area contributed by atoms with Crippen molar-refractivity contribution in [1.29, 1.82) is 0 Å². The molecule has 0 aliphatic rings. The summed E-state index contributed by atoms with van der Waals surface area (Å²) in [4.78, 5) is 37.0. The molecule has 0 fully saturated rings. The second-order valence-corrected chi connectivity index (χ2v) is 7.85. The monoisotopic (exact) mass is 430 g/mol. The minimum Gasteiger partial charge on any atom is -0.446 e. The first kappa shape index (κ1) is 23.4. The number of carbonyl (C=O) groups excluding carboxylic acids is 3. The summed E-state index contributed by atoms with van der Waals surface area (Å²) in [6.45, 7) is 5.60. The van der Waals surface area contributed by atoms with Gasteiger partial charge in [-0.05, 0) is 37.0 Å². The molecule has 0 spiro atoms. The number of rotatable bonds is 9. The van der Waals surface area contributed by atoms with Gasteiger partial charge in [-0.3, -0.25) is 14.4 Å². The molecule has 0 bridgehead atoms. The van der Waals surface area contributed by atoms with Crippen molar-refractivity contribution in [2.24, 2.45) is 5.92 Å². The van der Waals surface area contributed by atoms with E-state index in [2.05, 4.69) is 10.6 Å². The number of esters is 1. The van der Waals surface area contributed by atoms with Crippen molar-refractivity contribution < 1.29 is 19.1 Å². The van der Waals surface area contributed by atoms with Crippen LogP contribution in [0.4, 0.5) is 5.69 Å². The molecule has 1 unspecified atom stereocenters. The van der Waals surface area contributed by atoms with Gasteiger partial charge in [0.25, 0.3) is 5.91 Å². The van der Waals surface area contributed by atoms with Crippen LogP contribution < -0.4 is 10.6 Å². The highest BCUT2D eigenvalue weighted by Crippen LogP contribution is 2.23. The van der Waals surface area contributed by atoms with Gasteiger partial charge < -0.3 is 15.4 Å². The summed E-state index contributed by atoms with van der Waals surface area (Å²) >= 11 is 6.12. The van der Waals surface area contributed by atoms with Crippen molar-refractivity contribution >= 4 is 35.1 Å². The molecule has 2 amide bonds. The number of hydrogen-bond donors (Lipinski definition) is 2. The zero-order chi connectivity index (χ0) is 22.1. The van der Waals surface area contributed by atoms with Crippen molar-refractivity contribution in [3.05, 3.63) is 64.7 Å². The van der Waals surface area contributed by atoms with E-state index in [-0.39, 0.29) is 12.5 Å². The number of benzene rings is 2. The third-order valence-corrected chi connectivity index (χ3v) is 4.81. The van der Waals surface area contributed by atoms with Gasteiger partial charge in [0.15, 0.2) is 0 Å². The van der Waals surface area contributed by atoms with E-state index >= 15 is 0 Å². The highest BCUT2D eigenvalue weighted by molar-refractivity contribution is 6.31. The molecule has 2 aromatic rings. The fraction of sp³-hybridized carbons (Fsp3) is 0.348. The number of ether oxygens (including phenoxy) is 1. The third-order valence-electron chi connectivity index (χ3n) is 4.41. The zero-order valence-corrected chi connectivity index (χ0v) is 18.2. The molecule has 0 saturated heterocycles. The molecule has 2 aromatic carbocycles. The van der Waals surface area contributed by atoms with Crippen LogP contribution in [0.2, 0.25) is 5.02 Å². The fourth-order valence-corrected chi connectivity index (χ4v) is 2.81. The molecule has 2 N–H and O–H groups in total. The number of nitrogens with one attached hydrogen (secondary N) is 2. The van der Waals surface area contributed by atoms with Crippen LogP contribution in [0.1, 0.15) is 43.9 Å². The highest BCUT2D eigenvalue weighted by Gasteiger charge is 2.25. The maximum Gasteiger partial charge on any atom is 0.326 e. The van der Waals surface area contributed by atoms with E-state index in [0.717, 1.165) is 12.0 Å². The van der Waals surface area contributed by atoms with Crippen molar-refractivity contribution in [2.75, 3.05) is 11.9 Å². The predicted octanol–water partition coefficient (Wildman–Crippen LogP) is 4.42. The van der Waals surface area contributed by atoms with Crippen LogP contribution in [0.15, 0.2) is 48.5 Å². The minimum absolute atomic E-state index is 0.226. The van der Waals surface area contributed by atoms with Gasteiger partial charge in [-0.1, -0.05) is 61.8 Å². The molecule has 0 aromatic heterocycles. The maximum absolute atomic E-state index is 12.8. The van der Waals surface area contributed by atoms with Gasteiger partial charge >= 0.3 is 5.97 Å². The number of aryl methyl sites for hydroxylation is 1. The molecule has 30 heavy (non-hydrogen) atoms. The standard InChI is InChI=1S/C23H27ClN2O4/c1-15(2)9-12-20(27)25-14-21(28)30-22(17-7-5-4-6-8-17)23(29)26-18-11-10-16(3)19(24)13-18/h4-8,10-11,13,15,22H,9,12,14H2,1-3H3,(H,25,27)(H,26,29).